The largest absolute Gasteiger partial charge is 0.313 e. The average molecular weight is 250 g/mol. The molecule has 0 aliphatic rings. The van der Waals surface area contributed by atoms with Crippen molar-refractivity contribution in [2.75, 3.05) is 6.54 Å². The maximum atomic E-state index is 6.15. The topological polar surface area (TPSA) is 29.9 Å². The Balaban J connectivity index is 2.31. The van der Waals surface area contributed by atoms with Crippen LogP contribution >= 0.6 is 11.6 Å². The van der Waals surface area contributed by atoms with Crippen LogP contribution in [0.5, 0.6) is 0 Å². The van der Waals surface area contributed by atoms with E-state index in [0.717, 1.165) is 24.5 Å². The van der Waals surface area contributed by atoms with Crippen LogP contribution in [0.15, 0.2) is 30.5 Å². The number of nitrogens with one attached hydrogen (secondary N) is 1. The minimum absolute atomic E-state index is 0.713. The third-order valence-electron chi connectivity index (χ3n) is 2.67. The average Bonchev–Trinajstić information content (AvgIpc) is 2.68. The zero-order chi connectivity index (χ0) is 12.3. The third kappa shape index (κ3) is 2.68. The number of rotatable bonds is 4. The highest BCUT2D eigenvalue weighted by Gasteiger charge is 2.07. The molecule has 2 rings (SSSR count). The minimum Gasteiger partial charge on any atom is -0.313 e. The monoisotopic (exact) mass is 249 g/mol. The molecule has 17 heavy (non-hydrogen) atoms. The summed E-state index contributed by atoms with van der Waals surface area (Å²) in [6.07, 6.45) is 2.03. The van der Waals surface area contributed by atoms with Gasteiger partial charge in [0.1, 0.15) is 0 Å². The zero-order valence-electron chi connectivity index (χ0n) is 10.1. The van der Waals surface area contributed by atoms with Crippen molar-refractivity contribution >= 4 is 11.6 Å². The third-order valence-corrected chi connectivity index (χ3v) is 2.98. The summed E-state index contributed by atoms with van der Waals surface area (Å²) in [4.78, 5) is 0. The maximum Gasteiger partial charge on any atom is 0.0831 e. The molecule has 0 aliphatic carbocycles. The Hall–Kier alpha value is -1.32. The molecule has 0 bridgehead atoms. The standard InChI is InChI=1S/C13H16ClN3/c1-3-15-8-11-9-17(16-10(11)2)13-7-5-4-6-12(13)14/h4-7,9,15H,3,8H2,1-2H3. The van der Waals surface area contributed by atoms with Crippen LogP contribution in [0.3, 0.4) is 0 Å². The number of hydrogen-bond acceptors (Lipinski definition) is 2. The quantitative estimate of drug-likeness (QED) is 0.903. The van der Waals surface area contributed by atoms with Gasteiger partial charge in [-0.1, -0.05) is 30.7 Å². The van der Waals surface area contributed by atoms with E-state index in [1.165, 1.54) is 5.56 Å². The molecule has 0 radical (unpaired) electrons. The number of halogens is 1. The molecular formula is C13H16ClN3. The molecule has 1 aromatic heterocycles. The van der Waals surface area contributed by atoms with Gasteiger partial charge < -0.3 is 5.32 Å². The first kappa shape index (κ1) is 12.1. The summed E-state index contributed by atoms with van der Waals surface area (Å²) in [5.41, 5.74) is 3.15. The number of aromatic nitrogens is 2. The smallest absolute Gasteiger partial charge is 0.0831 e. The molecule has 1 N–H and O–H groups in total. The van der Waals surface area contributed by atoms with Crippen LogP contribution < -0.4 is 5.32 Å². The highest BCUT2D eigenvalue weighted by molar-refractivity contribution is 6.32. The molecule has 2 aromatic rings. The summed E-state index contributed by atoms with van der Waals surface area (Å²) < 4.78 is 1.84. The van der Waals surface area contributed by atoms with Crippen molar-refractivity contribution in [1.82, 2.24) is 15.1 Å². The Morgan fingerprint density at radius 2 is 2.12 bits per heavy atom. The molecule has 3 nitrogen and oxygen atoms in total. The van der Waals surface area contributed by atoms with Crippen LogP contribution in [0.25, 0.3) is 5.69 Å². The molecule has 0 aliphatic heterocycles. The van der Waals surface area contributed by atoms with Gasteiger partial charge in [-0.25, -0.2) is 4.68 Å². The lowest BCUT2D eigenvalue weighted by atomic mass is 10.2. The fraction of sp³-hybridized carbons (Fsp3) is 0.308. The van der Waals surface area contributed by atoms with Crippen molar-refractivity contribution in [3.8, 4) is 5.69 Å². The van der Waals surface area contributed by atoms with Crippen molar-refractivity contribution in [2.45, 2.75) is 20.4 Å². The highest BCUT2D eigenvalue weighted by atomic mass is 35.5. The van der Waals surface area contributed by atoms with Crippen molar-refractivity contribution in [3.63, 3.8) is 0 Å². The van der Waals surface area contributed by atoms with Gasteiger partial charge in [0.2, 0.25) is 0 Å². The first-order chi connectivity index (χ1) is 8.22. The molecule has 0 amide bonds. The second-order valence-electron chi connectivity index (χ2n) is 3.92. The van der Waals surface area contributed by atoms with E-state index < -0.39 is 0 Å². The van der Waals surface area contributed by atoms with E-state index in [0.29, 0.717) is 5.02 Å². The lowest BCUT2D eigenvalue weighted by molar-refractivity contribution is 0.723. The van der Waals surface area contributed by atoms with Crippen LogP contribution in [-0.4, -0.2) is 16.3 Å². The normalized spacial score (nSPS) is 10.8. The molecular weight excluding hydrogens is 234 g/mol. The number of aryl methyl sites for hydroxylation is 1. The van der Waals surface area contributed by atoms with Crippen LogP contribution in [0.4, 0.5) is 0 Å². The summed E-state index contributed by atoms with van der Waals surface area (Å²) in [7, 11) is 0. The van der Waals surface area contributed by atoms with E-state index in [9.17, 15) is 0 Å². The van der Waals surface area contributed by atoms with Gasteiger partial charge >= 0.3 is 0 Å². The molecule has 90 valence electrons. The van der Waals surface area contributed by atoms with Crippen LogP contribution in [0.1, 0.15) is 18.2 Å². The second kappa shape index (κ2) is 5.34. The number of benzene rings is 1. The van der Waals surface area contributed by atoms with Crippen molar-refractivity contribution in [2.24, 2.45) is 0 Å². The SMILES string of the molecule is CCNCc1cn(-c2ccccc2Cl)nc1C. The highest BCUT2D eigenvalue weighted by Crippen LogP contribution is 2.20. The molecule has 0 saturated carbocycles. The molecule has 0 saturated heterocycles. The van der Waals surface area contributed by atoms with Crippen LogP contribution in [0, 0.1) is 6.92 Å². The lowest BCUT2D eigenvalue weighted by Gasteiger charge is -2.02. The van der Waals surface area contributed by atoms with Crippen molar-refractivity contribution in [1.29, 1.82) is 0 Å². The molecule has 0 fully saturated rings. The van der Waals surface area contributed by atoms with Gasteiger partial charge in [0, 0.05) is 18.3 Å². The van der Waals surface area contributed by atoms with E-state index in [1.54, 1.807) is 0 Å². The van der Waals surface area contributed by atoms with Crippen molar-refractivity contribution in [3.05, 3.63) is 46.7 Å². The summed E-state index contributed by atoms with van der Waals surface area (Å²) in [5, 5.41) is 8.50. The van der Waals surface area contributed by atoms with Gasteiger partial charge in [-0.05, 0) is 25.6 Å². The maximum absolute atomic E-state index is 6.15. The fourth-order valence-electron chi connectivity index (χ4n) is 1.69. The Bertz CT molecular complexity index is 505. The summed E-state index contributed by atoms with van der Waals surface area (Å²) >= 11 is 6.15. The Labute approximate surface area is 106 Å². The number of hydrogen-bond donors (Lipinski definition) is 1. The zero-order valence-corrected chi connectivity index (χ0v) is 10.8. The summed E-state index contributed by atoms with van der Waals surface area (Å²) in [5.74, 6) is 0. The Morgan fingerprint density at radius 1 is 1.35 bits per heavy atom. The van der Waals surface area contributed by atoms with Gasteiger partial charge in [-0.2, -0.15) is 5.10 Å². The molecule has 4 heteroatoms. The van der Waals surface area contributed by atoms with Gasteiger partial charge in [-0.15, -0.1) is 0 Å². The minimum atomic E-state index is 0.713. The van der Waals surface area contributed by atoms with Gasteiger partial charge in [0.15, 0.2) is 0 Å². The Kier molecular flexibility index (Phi) is 3.82. The van der Waals surface area contributed by atoms with Crippen molar-refractivity contribution < 1.29 is 0 Å². The van der Waals surface area contributed by atoms with Gasteiger partial charge in [0.25, 0.3) is 0 Å². The number of nitrogens with zero attached hydrogens (tertiary/aromatic N) is 2. The van der Waals surface area contributed by atoms with E-state index in [4.69, 9.17) is 11.6 Å². The van der Waals surface area contributed by atoms with E-state index >= 15 is 0 Å². The van der Waals surface area contributed by atoms with Crippen LogP contribution in [0.2, 0.25) is 5.02 Å². The first-order valence-corrected chi connectivity index (χ1v) is 6.11. The van der Waals surface area contributed by atoms with E-state index in [2.05, 4.69) is 17.3 Å². The van der Waals surface area contributed by atoms with Gasteiger partial charge in [-0.3, -0.25) is 0 Å². The first-order valence-electron chi connectivity index (χ1n) is 5.73. The fourth-order valence-corrected chi connectivity index (χ4v) is 1.91. The summed E-state index contributed by atoms with van der Waals surface area (Å²) in [6, 6.07) is 7.72. The number of para-hydroxylation sites is 1. The van der Waals surface area contributed by atoms with Crippen LogP contribution in [-0.2, 0) is 6.54 Å². The Morgan fingerprint density at radius 3 is 2.82 bits per heavy atom. The predicted molar refractivity (Wildman–Crippen MR) is 70.7 cm³/mol. The molecule has 1 heterocycles. The second-order valence-corrected chi connectivity index (χ2v) is 4.32. The molecule has 0 atom stereocenters. The van der Waals surface area contributed by atoms with Gasteiger partial charge in [0.05, 0.1) is 16.4 Å². The molecule has 1 aromatic carbocycles. The lowest BCUT2D eigenvalue weighted by Crippen LogP contribution is -2.11. The molecule has 0 spiro atoms. The molecule has 0 unspecified atom stereocenters. The predicted octanol–water partition coefficient (Wildman–Crippen LogP) is 2.94. The summed E-state index contributed by atoms with van der Waals surface area (Å²) in [6.45, 7) is 5.90. The van der Waals surface area contributed by atoms with E-state index in [-0.39, 0.29) is 0 Å². The van der Waals surface area contributed by atoms with E-state index in [1.807, 2.05) is 42.1 Å².